The number of amides is 1. The molecule has 0 saturated heterocycles. The highest BCUT2D eigenvalue weighted by molar-refractivity contribution is 6.30. The maximum Gasteiger partial charge on any atom is 0.273 e. The van der Waals surface area contributed by atoms with Gasteiger partial charge in [0.15, 0.2) is 5.69 Å². The molecular formula is C16H22ClN5O. The number of halogens is 1. The fourth-order valence-corrected chi connectivity index (χ4v) is 2.44. The van der Waals surface area contributed by atoms with E-state index in [1.54, 1.807) is 16.8 Å². The van der Waals surface area contributed by atoms with Crippen molar-refractivity contribution in [1.29, 1.82) is 0 Å². The maximum atomic E-state index is 12.3. The van der Waals surface area contributed by atoms with Crippen LogP contribution < -0.4 is 11.1 Å². The van der Waals surface area contributed by atoms with E-state index in [0.29, 0.717) is 23.7 Å². The first-order valence-corrected chi connectivity index (χ1v) is 8.15. The lowest BCUT2D eigenvalue weighted by Crippen LogP contribution is -2.30. The molecule has 3 N–H and O–H groups in total. The summed E-state index contributed by atoms with van der Waals surface area (Å²) in [7, 11) is 0. The van der Waals surface area contributed by atoms with Crippen LogP contribution in [0.5, 0.6) is 0 Å². The van der Waals surface area contributed by atoms with Crippen molar-refractivity contribution in [2.75, 3.05) is 6.54 Å². The molecule has 1 heterocycles. The normalized spacial score (nSPS) is 12.2. The highest BCUT2D eigenvalue weighted by atomic mass is 35.5. The first-order valence-electron chi connectivity index (χ1n) is 7.77. The fraction of sp³-hybridized carbons (Fsp3) is 0.438. The molecule has 23 heavy (non-hydrogen) atoms. The van der Waals surface area contributed by atoms with E-state index >= 15 is 0 Å². The molecule has 0 spiro atoms. The van der Waals surface area contributed by atoms with Crippen LogP contribution in [0.25, 0.3) is 5.69 Å². The van der Waals surface area contributed by atoms with Gasteiger partial charge in [-0.05, 0) is 38.0 Å². The van der Waals surface area contributed by atoms with Crippen molar-refractivity contribution in [3.63, 3.8) is 0 Å². The first kappa shape index (κ1) is 17.4. The zero-order chi connectivity index (χ0) is 16.8. The number of aromatic nitrogens is 3. The molecule has 1 aromatic heterocycles. The monoisotopic (exact) mass is 335 g/mol. The number of carbonyl (C=O) groups excluding carboxylic acids is 1. The van der Waals surface area contributed by atoms with Crippen molar-refractivity contribution >= 4 is 17.5 Å². The molecular weight excluding hydrogens is 314 g/mol. The van der Waals surface area contributed by atoms with Crippen molar-refractivity contribution in [2.24, 2.45) is 5.73 Å². The Morgan fingerprint density at radius 1 is 1.48 bits per heavy atom. The third-order valence-corrected chi connectivity index (χ3v) is 3.64. The lowest BCUT2D eigenvalue weighted by Gasteiger charge is -2.09. The Bertz CT molecular complexity index is 668. The van der Waals surface area contributed by atoms with Crippen molar-refractivity contribution in [1.82, 2.24) is 20.3 Å². The lowest BCUT2D eigenvalue weighted by atomic mass is 10.2. The summed E-state index contributed by atoms with van der Waals surface area (Å²) in [6.45, 7) is 4.48. The third-order valence-electron chi connectivity index (χ3n) is 3.40. The van der Waals surface area contributed by atoms with Gasteiger partial charge >= 0.3 is 0 Å². The molecule has 0 aliphatic rings. The Hall–Kier alpha value is -1.92. The highest BCUT2D eigenvalue weighted by Gasteiger charge is 2.19. The van der Waals surface area contributed by atoms with Crippen LogP contribution in [0, 0.1) is 0 Å². The van der Waals surface area contributed by atoms with Gasteiger partial charge in [-0.25, -0.2) is 4.68 Å². The smallest absolute Gasteiger partial charge is 0.273 e. The SMILES string of the molecule is CCCc1c(C(=O)NCCC(C)N)nnn1-c1cccc(Cl)c1. The van der Waals surface area contributed by atoms with Crippen LogP contribution in [0.3, 0.4) is 0 Å². The van der Waals surface area contributed by atoms with E-state index in [1.165, 1.54) is 0 Å². The largest absolute Gasteiger partial charge is 0.351 e. The minimum atomic E-state index is -0.220. The molecule has 2 rings (SSSR count). The number of rotatable bonds is 7. The van der Waals surface area contributed by atoms with E-state index in [9.17, 15) is 4.79 Å². The van der Waals surface area contributed by atoms with Crippen LogP contribution in [0.4, 0.5) is 0 Å². The Morgan fingerprint density at radius 3 is 2.91 bits per heavy atom. The van der Waals surface area contributed by atoms with Crippen molar-refractivity contribution in [3.8, 4) is 5.69 Å². The minimum absolute atomic E-state index is 0.0487. The summed E-state index contributed by atoms with van der Waals surface area (Å²) in [4.78, 5) is 12.3. The number of hydrogen-bond acceptors (Lipinski definition) is 4. The van der Waals surface area contributed by atoms with Crippen LogP contribution in [-0.4, -0.2) is 33.5 Å². The number of hydrogen-bond donors (Lipinski definition) is 2. The van der Waals surface area contributed by atoms with E-state index < -0.39 is 0 Å². The van der Waals surface area contributed by atoms with Crippen LogP contribution >= 0.6 is 11.6 Å². The second-order valence-electron chi connectivity index (χ2n) is 5.55. The molecule has 0 aliphatic carbocycles. The molecule has 1 unspecified atom stereocenters. The van der Waals surface area contributed by atoms with Gasteiger partial charge in [-0.2, -0.15) is 0 Å². The van der Waals surface area contributed by atoms with Gasteiger partial charge in [0.2, 0.25) is 0 Å². The zero-order valence-corrected chi connectivity index (χ0v) is 14.2. The molecule has 0 radical (unpaired) electrons. The molecule has 1 atom stereocenters. The minimum Gasteiger partial charge on any atom is -0.351 e. The number of carbonyl (C=O) groups is 1. The average Bonchev–Trinajstić information content (AvgIpc) is 2.91. The van der Waals surface area contributed by atoms with Crippen LogP contribution in [0.15, 0.2) is 24.3 Å². The van der Waals surface area contributed by atoms with Crippen molar-refractivity contribution < 1.29 is 4.79 Å². The van der Waals surface area contributed by atoms with Crippen LogP contribution in [-0.2, 0) is 6.42 Å². The summed E-state index contributed by atoms with van der Waals surface area (Å²) in [5, 5.41) is 11.7. The Kier molecular flexibility index (Phi) is 6.12. The van der Waals surface area contributed by atoms with Crippen LogP contribution in [0.1, 0.15) is 42.9 Å². The summed E-state index contributed by atoms with van der Waals surface area (Å²) in [5.74, 6) is -0.220. The van der Waals surface area contributed by atoms with E-state index in [4.69, 9.17) is 17.3 Å². The molecule has 6 nitrogen and oxygen atoms in total. The topological polar surface area (TPSA) is 85.8 Å². The number of nitrogens with one attached hydrogen (secondary N) is 1. The van der Waals surface area contributed by atoms with Gasteiger partial charge < -0.3 is 11.1 Å². The molecule has 0 fully saturated rings. The summed E-state index contributed by atoms with van der Waals surface area (Å²) in [5.41, 5.74) is 7.63. The molecule has 1 aromatic carbocycles. The van der Waals surface area contributed by atoms with E-state index in [-0.39, 0.29) is 11.9 Å². The van der Waals surface area contributed by atoms with Crippen molar-refractivity contribution in [2.45, 2.75) is 39.2 Å². The number of nitrogens with zero attached hydrogens (tertiary/aromatic N) is 3. The van der Waals surface area contributed by atoms with Gasteiger partial charge in [0.05, 0.1) is 11.4 Å². The van der Waals surface area contributed by atoms with Gasteiger partial charge in [-0.15, -0.1) is 5.10 Å². The van der Waals surface area contributed by atoms with Gasteiger partial charge in [0.25, 0.3) is 5.91 Å². The summed E-state index contributed by atoms with van der Waals surface area (Å²) in [6.07, 6.45) is 2.31. The predicted octanol–water partition coefficient (Wildman–Crippen LogP) is 2.34. The quantitative estimate of drug-likeness (QED) is 0.813. The zero-order valence-electron chi connectivity index (χ0n) is 13.4. The molecule has 2 aromatic rings. The van der Waals surface area contributed by atoms with Gasteiger partial charge in [-0.3, -0.25) is 4.79 Å². The third kappa shape index (κ3) is 4.53. The van der Waals surface area contributed by atoms with Crippen LogP contribution in [0.2, 0.25) is 5.02 Å². The predicted molar refractivity (Wildman–Crippen MR) is 91.0 cm³/mol. The first-order chi connectivity index (χ1) is 11.0. The molecule has 1 amide bonds. The summed E-state index contributed by atoms with van der Waals surface area (Å²) < 4.78 is 1.68. The number of benzene rings is 1. The Morgan fingerprint density at radius 2 is 2.26 bits per heavy atom. The van der Waals surface area contributed by atoms with E-state index in [2.05, 4.69) is 15.6 Å². The second-order valence-corrected chi connectivity index (χ2v) is 5.98. The standard InChI is InChI=1S/C16H22ClN5O/c1-3-5-14-15(16(23)19-9-8-11(2)18)20-21-22(14)13-7-4-6-12(17)10-13/h4,6-7,10-11H,3,5,8-9,18H2,1-2H3,(H,19,23). The van der Waals surface area contributed by atoms with Crippen molar-refractivity contribution in [3.05, 3.63) is 40.7 Å². The average molecular weight is 336 g/mol. The van der Waals surface area contributed by atoms with E-state index in [0.717, 1.165) is 24.2 Å². The number of nitrogens with two attached hydrogens (primary N) is 1. The lowest BCUT2D eigenvalue weighted by molar-refractivity contribution is 0.0946. The van der Waals surface area contributed by atoms with Gasteiger partial charge in [-0.1, -0.05) is 36.2 Å². The maximum absolute atomic E-state index is 12.3. The van der Waals surface area contributed by atoms with E-state index in [1.807, 2.05) is 26.0 Å². The molecule has 7 heteroatoms. The molecule has 0 aliphatic heterocycles. The highest BCUT2D eigenvalue weighted by Crippen LogP contribution is 2.18. The molecule has 0 bridgehead atoms. The second kappa shape index (κ2) is 8.08. The summed E-state index contributed by atoms with van der Waals surface area (Å²) >= 11 is 6.04. The summed E-state index contributed by atoms with van der Waals surface area (Å²) in [6, 6.07) is 7.37. The van der Waals surface area contributed by atoms with Gasteiger partial charge in [0, 0.05) is 17.6 Å². The molecule has 124 valence electrons. The Labute approximate surface area is 141 Å². The fourth-order valence-electron chi connectivity index (χ4n) is 2.25. The van der Waals surface area contributed by atoms with Gasteiger partial charge in [0.1, 0.15) is 0 Å². The Balaban J connectivity index is 2.25. The molecule has 0 saturated carbocycles.